The van der Waals surface area contributed by atoms with Crippen LogP contribution in [0, 0.1) is 0 Å². The lowest BCUT2D eigenvalue weighted by atomic mass is 9.80. The van der Waals surface area contributed by atoms with Crippen LogP contribution < -0.4 is 10.4 Å². The molecule has 5 rings (SSSR count). The third-order valence-electron chi connectivity index (χ3n) is 4.98. The minimum Gasteiger partial charge on any atom is -0.486 e. The smallest absolute Gasteiger partial charge is 0.346 e. The second-order valence-electron chi connectivity index (χ2n) is 6.22. The summed E-state index contributed by atoms with van der Waals surface area (Å²) in [5.41, 5.74) is 0.687. The molecule has 3 aliphatic rings. The highest BCUT2D eigenvalue weighted by Crippen LogP contribution is 2.62. The Morgan fingerprint density at radius 2 is 2.27 bits per heavy atom. The molecule has 1 saturated heterocycles. The molecule has 0 unspecified atom stereocenters. The molecule has 0 bridgehead atoms. The molecule has 1 spiro atoms. The monoisotopic (exact) mass is 297 g/mol. The van der Waals surface area contributed by atoms with Gasteiger partial charge in [-0.1, -0.05) is 6.42 Å². The lowest BCUT2D eigenvalue weighted by Gasteiger charge is -2.33. The zero-order valence-corrected chi connectivity index (χ0v) is 12.0. The standard InChI is InChI=1S/C17H15NO4/c19-16-14-12(8-11(21-16)10-4-3-7-18-9-10)20-13-5-1-2-6-17(13)15(14)22-17/h3-4,7-9,13,15H,1-2,5-6H2/t13-,15+,17-/m0/s1. The maximum absolute atomic E-state index is 12.4. The largest absolute Gasteiger partial charge is 0.486 e. The molecule has 5 nitrogen and oxygen atoms in total. The van der Waals surface area contributed by atoms with Crippen LogP contribution in [0.4, 0.5) is 0 Å². The molecule has 3 atom stereocenters. The molecular formula is C17H15NO4. The van der Waals surface area contributed by atoms with Gasteiger partial charge in [-0.05, 0) is 31.4 Å². The third-order valence-corrected chi connectivity index (χ3v) is 4.98. The Labute approximate surface area is 126 Å². The molecule has 2 aliphatic heterocycles. The van der Waals surface area contributed by atoms with Gasteiger partial charge in [0.15, 0.2) is 0 Å². The number of ether oxygens (including phenoxy) is 2. The highest BCUT2D eigenvalue weighted by atomic mass is 16.7. The average Bonchev–Trinajstić information content (AvgIpc) is 3.27. The van der Waals surface area contributed by atoms with Gasteiger partial charge in [0.2, 0.25) is 0 Å². The Kier molecular flexibility index (Phi) is 2.37. The first-order chi connectivity index (χ1) is 10.8. The van der Waals surface area contributed by atoms with Gasteiger partial charge in [-0.15, -0.1) is 0 Å². The number of hydrogen-bond acceptors (Lipinski definition) is 5. The first kappa shape index (κ1) is 12.4. The molecule has 2 fully saturated rings. The maximum atomic E-state index is 12.4. The van der Waals surface area contributed by atoms with E-state index in [1.54, 1.807) is 18.5 Å². The van der Waals surface area contributed by atoms with Crippen molar-refractivity contribution < 1.29 is 13.9 Å². The summed E-state index contributed by atoms with van der Waals surface area (Å²) in [7, 11) is 0. The topological polar surface area (TPSA) is 64.9 Å². The summed E-state index contributed by atoms with van der Waals surface area (Å²) in [5, 5.41) is 0. The average molecular weight is 297 g/mol. The molecule has 0 N–H and O–H groups in total. The van der Waals surface area contributed by atoms with Crippen molar-refractivity contribution >= 4 is 0 Å². The van der Waals surface area contributed by atoms with Crippen LogP contribution in [0.25, 0.3) is 11.3 Å². The fraction of sp³-hybridized carbons (Fsp3) is 0.412. The quantitative estimate of drug-likeness (QED) is 0.757. The molecule has 22 heavy (non-hydrogen) atoms. The fourth-order valence-corrected chi connectivity index (χ4v) is 3.84. The lowest BCUT2D eigenvalue weighted by Crippen LogP contribution is -2.42. The van der Waals surface area contributed by atoms with E-state index in [-0.39, 0.29) is 23.4 Å². The van der Waals surface area contributed by atoms with E-state index in [4.69, 9.17) is 13.9 Å². The first-order valence-corrected chi connectivity index (χ1v) is 7.71. The predicted octanol–water partition coefficient (Wildman–Crippen LogP) is 2.85. The van der Waals surface area contributed by atoms with Gasteiger partial charge in [0, 0.05) is 24.0 Å². The van der Waals surface area contributed by atoms with E-state index in [1.807, 2.05) is 12.1 Å². The van der Waals surface area contributed by atoms with E-state index in [2.05, 4.69) is 4.98 Å². The minimum absolute atomic E-state index is 0.0577. The number of fused-ring (bicyclic) bond motifs is 2. The van der Waals surface area contributed by atoms with Crippen LogP contribution in [0.15, 0.2) is 39.8 Å². The molecule has 112 valence electrons. The van der Waals surface area contributed by atoms with Gasteiger partial charge in [0.25, 0.3) is 0 Å². The zero-order valence-electron chi connectivity index (χ0n) is 12.0. The third kappa shape index (κ3) is 1.57. The molecule has 1 aliphatic carbocycles. The van der Waals surface area contributed by atoms with Gasteiger partial charge in [0.05, 0.1) is 0 Å². The molecule has 1 saturated carbocycles. The first-order valence-electron chi connectivity index (χ1n) is 7.71. The van der Waals surface area contributed by atoms with Gasteiger partial charge in [-0.3, -0.25) is 4.98 Å². The molecule has 0 aromatic carbocycles. The van der Waals surface area contributed by atoms with E-state index in [1.165, 1.54) is 0 Å². The van der Waals surface area contributed by atoms with Crippen LogP contribution in [0.3, 0.4) is 0 Å². The number of hydrogen-bond donors (Lipinski definition) is 0. The zero-order chi connectivity index (χ0) is 14.7. The van der Waals surface area contributed by atoms with E-state index in [0.29, 0.717) is 17.1 Å². The van der Waals surface area contributed by atoms with E-state index in [0.717, 1.165) is 31.2 Å². The Morgan fingerprint density at radius 1 is 1.32 bits per heavy atom. The second kappa shape index (κ2) is 4.20. The normalized spacial score (nSPS) is 31.5. The summed E-state index contributed by atoms with van der Waals surface area (Å²) in [6, 6.07) is 5.47. The molecule has 5 heteroatoms. The van der Waals surface area contributed by atoms with Crippen LogP contribution in [-0.4, -0.2) is 16.7 Å². The maximum Gasteiger partial charge on any atom is 0.346 e. The van der Waals surface area contributed by atoms with Gasteiger partial charge < -0.3 is 13.9 Å². The number of pyridine rings is 1. The van der Waals surface area contributed by atoms with Crippen molar-refractivity contribution in [3.8, 4) is 17.1 Å². The van der Waals surface area contributed by atoms with Crippen LogP contribution in [0.1, 0.15) is 37.4 Å². The Hall–Kier alpha value is -2.14. The summed E-state index contributed by atoms with van der Waals surface area (Å²) >= 11 is 0. The Balaban J connectivity index is 1.63. The molecular weight excluding hydrogens is 282 g/mol. The van der Waals surface area contributed by atoms with Crippen LogP contribution in [0.5, 0.6) is 5.75 Å². The van der Waals surface area contributed by atoms with Gasteiger partial charge in [0.1, 0.15) is 34.9 Å². The Morgan fingerprint density at radius 3 is 3.14 bits per heavy atom. The van der Waals surface area contributed by atoms with E-state index < -0.39 is 0 Å². The lowest BCUT2D eigenvalue weighted by molar-refractivity contribution is 0.0579. The van der Waals surface area contributed by atoms with Crippen molar-refractivity contribution in [3.05, 3.63) is 46.6 Å². The van der Waals surface area contributed by atoms with E-state index >= 15 is 0 Å². The summed E-state index contributed by atoms with van der Waals surface area (Å²) in [6.45, 7) is 0. The highest BCUT2D eigenvalue weighted by Gasteiger charge is 2.68. The van der Waals surface area contributed by atoms with Gasteiger partial charge in [-0.25, -0.2) is 4.79 Å². The predicted molar refractivity (Wildman–Crippen MR) is 77.7 cm³/mol. The number of nitrogens with zero attached hydrogens (tertiary/aromatic N) is 1. The minimum atomic E-state index is -0.359. The van der Waals surface area contributed by atoms with Crippen molar-refractivity contribution in [3.63, 3.8) is 0 Å². The second-order valence-corrected chi connectivity index (χ2v) is 6.22. The molecule has 2 aromatic heterocycles. The van der Waals surface area contributed by atoms with Gasteiger partial charge >= 0.3 is 5.63 Å². The van der Waals surface area contributed by atoms with Crippen molar-refractivity contribution in [2.75, 3.05) is 0 Å². The van der Waals surface area contributed by atoms with Crippen molar-refractivity contribution in [1.82, 2.24) is 4.98 Å². The van der Waals surface area contributed by atoms with Crippen LogP contribution in [-0.2, 0) is 4.74 Å². The van der Waals surface area contributed by atoms with E-state index in [9.17, 15) is 4.79 Å². The number of aromatic nitrogens is 1. The van der Waals surface area contributed by atoms with Crippen molar-refractivity contribution in [2.24, 2.45) is 0 Å². The number of rotatable bonds is 1. The number of epoxide rings is 1. The summed E-state index contributed by atoms with van der Waals surface area (Å²) in [6.07, 6.45) is 7.49. The van der Waals surface area contributed by atoms with Crippen molar-refractivity contribution in [1.29, 1.82) is 0 Å². The summed E-state index contributed by atoms with van der Waals surface area (Å²) in [5.74, 6) is 1.10. The van der Waals surface area contributed by atoms with Crippen LogP contribution >= 0.6 is 0 Å². The van der Waals surface area contributed by atoms with Crippen molar-refractivity contribution in [2.45, 2.75) is 43.5 Å². The molecule has 2 aromatic rings. The molecule has 4 heterocycles. The Bertz CT molecular complexity index is 800. The summed E-state index contributed by atoms with van der Waals surface area (Å²) in [4.78, 5) is 16.5. The molecule has 0 radical (unpaired) electrons. The van der Waals surface area contributed by atoms with Gasteiger partial charge in [-0.2, -0.15) is 0 Å². The highest BCUT2D eigenvalue weighted by molar-refractivity contribution is 5.59. The van der Waals surface area contributed by atoms with Crippen LogP contribution in [0.2, 0.25) is 0 Å². The molecule has 0 amide bonds. The SMILES string of the molecule is O=c1oc(-c2cccnc2)cc2c1[C@H]1O[C@]13CCCC[C@@H]3O2. The summed E-state index contributed by atoms with van der Waals surface area (Å²) < 4.78 is 17.5. The fourth-order valence-electron chi connectivity index (χ4n) is 3.84.